The van der Waals surface area contributed by atoms with E-state index in [-0.39, 0.29) is 24.0 Å². The van der Waals surface area contributed by atoms with Gasteiger partial charge in [0.25, 0.3) is 0 Å². The average Bonchev–Trinajstić information content (AvgIpc) is 3.29. The summed E-state index contributed by atoms with van der Waals surface area (Å²) in [5, 5.41) is 22.3. The fraction of sp³-hybridized carbons (Fsp3) is 0.500. The first-order valence-corrected chi connectivity index (χ1v) is 8.71. The molecule has 2 saturated heterocycles. The Morgan fingerprint density at radius 2 is 2.17 bits per heavy atom. The van der Waals surface area contributed by atoms with E-state index in [1.165, 1.54) is 5.56 Å². The van der Waals surface area contributed by atoms with Crippen LogP contribution in [0.2, 0.25) is 0 Å². The third kappa shape index (κ3) is 2.90. The molecule has 6 heteroatoms. The van der Waals surface area contributed by atoms with Crippen molar-refractivity contribution in [2.24, 2.45) is 5.92 Å². The van der Waals surface area contributed by atoms with Crippen molar-refractivity contribution >= 4 is 18.6 Å². The second kappa shape index (κ2) is 6.35. The third-order valence-corrected chi connectivity index (χ3v) is 5.50. The fourth-order valence-electron chi connectivity index (χ4n) is 4.22. The first-order valence-electron chi connectivity index (χ1n) is 8.71. The predicted octanol–water partition coefficient (Wildman–Crippen LogP) is 1.08. The van der Waals surface area contributed by atoms with Gasteiger partial charge in [-0.15, -0.1) is 0 Å². The molecule has 4 atom stereocenters. The molecule has 1 aromatic rings. The SMILES string of the molecule is O=C(N[C@@H](CC1=CCc2ccccc21)B(O)O)[C@@H]1C[C@H]2CC[C@@H]1O2. The minimum Gasteiger partial charge on any atom is -0.426 e. The maximum atomic E-state index is 12.5. The highest BCUT2D eigenvalue weighted by Crippen LogP contribution is 2.39. The van der Waals surface area contributed by atoms with Crippen molar-refractivity contribution in [1.82, 2.24) is 5.32 Å². The van der Waals surface area contributed by atoms with Crippen molar-refractivity contribution in [2.45, 2.75) is 50.3 Å². The zero-order valence-electron chi connectivity index (χ0n) is 13.5. The number of carbonyl (C=O) groups excluding carboxylic acids is 1. The monoisotopic (exact) mass is 327 g/mol. The molecule has 0 saturated carbocycles. The summed E-state index contributed by atoms with van der Waals surface area (Å²) < 4.78 is 5.73. The van der Waals surface area contributed by atoms with Crippen LogP contribution in [0.1, 0.15) is 36.8 Å². The highest BCUT2D eigenvalue weighted by molar-refractivity contribution is 6.44. The van der Waals surface area contributed by atoms with Gasteiger partial charge in [-0.05, 0) is 48.8 Å². The molecule has 2 bridgehead atoms. The molecule has 1 aromatic carbocycles. The van der Waals surface area contributed by atoms with Crippen LogP contribution in [-0.4, -0.2) is 41.2 Å². The maximum absolute atomic E-state index is 12.5. The summed E-state index contributed by atoms with van der Waals surface area (Å²) >= 11 is 0. The van der Waals surface area contributed by atoms with Crippen LogP contribution in [0.5, 0.6) is 0 Å². The van der Waals surface area contributed by atoms with Crippen LogP contribution < -0.4 is 5.32 Å². The lowest BCUT2D eigenvalue weighted by Crippen LogP contribution is -2.49. The van der Waals surface area contributed by atoms with E-state index in [9.17, 15) is 14.8 Å². The molecule has 5 nitrogen and oxygen atoms in total. The Morgan fingerprint density at radius 3 is 2.88 bits per heavy atom. The average molecular weight is 327 g/mol. The minimum absolute atomic E-state index is 0.00194. The van der Waals surface area contributed by atoms with Crippen molar-refractivity contribution < 1.29 is 19.6 Å². The van der Waals surface area contributed by atoms with Gasteiger partial charge in [0.15, 0.2) is 0 Å². The first kappa shape index (κ1) is 15.9. The van der Waals surface area contributed by atoms with E-state index < -0.39 is 13.1 Å². The highest BCUT2D eigenvalue weighted by Gasteiger charge is 2.45. The van der Waals surface area contributed by atoms with Gasteiger partial charge in [-0.3, -0.25) is 4.79 Å². The number of fused-ring (bicyclic) bond motifs is 3. The second-order valence-electron chi connectivity index (χ2n) is 7.04. The normalized spacial score (nSPS) is 28.4. The van der Waals surface area contributed by atoms with Crippen LogP contribution in [0, 0.1) is 5.92 Å². The summed E-state index contributed by atoms with van der Waals surface area (Å²) in [5.41, 5.74) is 3.44. The van der Waals surface area contributed by atoms with Gasteiger partial charge in [0.2, 0.25) is 5.91 Å². The lowest BCUT2D eigenvalue weighted by atomic mass is 9.74. The van der Waals surface area contributed by atoms with Crippen molar-refractivity contribution in [1.29, 1.82) is 0 Å². The largest absolute Gasteiger partial charge is 0.475 e. The molecular weight excluding hydrogens is 305 g/mol. The number of benzene rings is 1. The van der Waals surface area contributed by atoms with E-state index in [1.54, 1.807) is 0 Å². The van der Waals surface area contributed by atoms with Crippen molar-refractivity contribution in [3.63, 3.8) is 0 Å². The van der Waals surface area contributed by atoms with Crippen LogP contribution in [0.4, 0.5) is 0 Å². The maximum Gasteiger partial charge on any atom is 0.475 e. The Balaban J connectivity index is 1.43. The second-order valence-corrected chi connectivity index (χ2v) is 7.04. The molecule has 0 radical (unpaired) electrons. The minimum atomic E-state index is -1.58. The zero-order valence-corrected chi connectivity index (χ0v) is 13.5. The summed E-state index contributed by atoms with van der Waals surface area (Å²) in [6.45, 7) is 0. The van der Waals surface area contributed by atoms with Crippen molar-refractivity contribution in [3.05, 3.63) is 41.5 Å². The predicted molar refractivity (Wildman–Crippen MR) is 90.9 cm³/mol. The first-order chi connectivity index (χ1) is 11.6. The topological polar surface area (TPSA) is 78.8 Å². The van der Waals surface area contributed by atoms with Gasteiger partial charge in [-0.25, -0.2) is 0 Å². The van der Waals surface area contributed by atoms with E-state index >= 15 is 0 Å². The molecule has 1 aliphatic carbocycles. The molecule has 2 heterocycles. The third-order valence-electron chi connectivity index (χ3n) is 5.50. The Bertz CT molecular complexity index is 675. The van der Waals surface area contributed by atoms with Crippen molar-refractivity contribution in [3.8, 4) is 0 Å². The van der Waals surface area contributed by atoms with E-state index in [0.717, 1.165) is 36.8 Å². The van der Waals surface area contributed by atoms with E-state index in [1.807, 2.05) is 18.2 Å². The van der Waals surface area contributed by atoms with Crippen molar-refractivity contribution in [2.75, 3.05) is 0 Å². The summed E-state index contributed by atoms with van der Waals surface area (Å²) in [5.74, 6) is -0.976. The number of rotatable bonds is 5. The molecule has 126 valence electrons. The molecule has 0 aromatic heterocycles. The lowest BCUT2D eigenvalue weighted by molar-refractivity contribution is -0.126. The molecule has 3 N–H and O–H groups in total. The molecule has 24 heavy (non-hydrogen) atoms. The number of nitrogens with one attached hydrogen (secondary N) is 1. The van der Waals surface area contributed by atoms with Crippen LogP contribution in [-0.2, 0) is 16.0 Å². The Kier molecular flexibility index (Phi) is 4.20. The summed E-state index contributed by atoms with van der Waals surface area (Å²) in [4.78, 5) is 12.5. The molecule has 3 aliphatic rings. The van der Waals surface area contributed by atoms with E-state index in [2.05, 4.69) is 17.5 Å². The number of amides is 1. The standard InChI is InChI=1S/C18H22BNO4/c21-18(15-10-13-7-8-16(15)24-13)20-17(19(22)23)9-12-6-5-11-3-1-2-4-14(11)12/h1-4,6,13,15-17,22-23H,5,7-10H2,(H,20,21)/t13-,15-,16+,17+/m1/s1. The quantitative estimate of drug-likeness (QED) is 0.707. The zero-order chi connectivity index (χ0) is 16.7. The Hall–Kier alpha value is -1.63. The van der Waals surface area contributed by atoms with Gasteiger partial charge >= 0.3 is 7.12 Å². The summed E-state index contributed by atoms with van der Waals surface area (Å²) in [7, 11) is -1.58. The molecular formula is C18H22BNO4. The van der Waals surface area contributed by atoms with Gasteiger partial charge < -0.3 is 20.1 Å². The van der Waals surface area contributed by atoms with Gasteiger partial charge in [0.1, 0.15) is 0 Å². The van der Waals surface area contributed by atoms with E-state index in [0.29, 0.717) is 6.42 Å². The fourth-order valence-corrected chi connectivity index (χ4v) is 4.22. The molecule has 2 aliphatic heterocycles. The number of hydrogen-bond donors (Lipinski definition) is 3. The van der Waals surface area contributed by atoms with Crippen LogP contribution >= 0.6 is 0 Å². The van der Waals surface area contributed by atoms with Gasteiger partial charge in [-0.1, -0.05) is 30.3 Å². The number of carbonyl (C=O) groups is 1. The number of ether oxygens (including phenoxy) is 1. The molecule has 0 spiro atoms. The van der Waals surface area contributed by atoms with Crippen LogP contribution in [0.15, 0.2) is 30.3 Å². The highest BCUT2D eigenvalue weighted by atomic mass is 16.5. The molecule has 2 fully saturated rings. The number of hydrogen-bond acceptors (Lipinski definition) is 4. The van der Waals surface area contributed by atoms with E-state index in [4.69, 9.17) is 4.74 Å². The molecule has 0 unspecified atom stereocenters. The van der Waals surface area contributed by atoms with Gasteiger partial charge in [0.05, 0.1) is 24.1 Å². The lowest BCUT2D eigenvalue weighted by Gasteiger charge is -2.23. The smallest absolute Gasteiger partial charge is 0.426 e. The number of allylic oxidation sites excluding steroid dienone is 1. The summed E-state index contributed by atoms with van der Waals surface area (Å²) in [6, 6.07) is 8.10. The van der Waals surface area contributed by atoms with Gasteiger partial charge in [0, 0.05) is 0 Å². The van der Waals surface area contributed by atoms with Gasteiger partial charge in [-0.2, -0.15) is 0 Å². The molecule has 1 amide bonds. The van der Waals surface area contributed by atoms with Crippen LogP contribution in [0.3, 0.4) is 0 Å². The molecule has 4 rings (SSSR count). The summed E-state index contributed by atoms with van der Waals surface area (Å²) in [6.07, 6.45) is 6.28. The van der Waals surface area contributed by atoms with Crippen LogP contribution in [0.25, 0.3) is 5.57 Å². The Labute approximate surface area is 141 Å². The Morgan fingerprint density at radius 1 is 1.33 bits per heavy atom.